The highest BCUT2D eigenvalue weighted by atomic mass is 127. The van der Waals surface area contributed by atoms with E-state index in [1.165, 1.54) is 4.88 Å². The number of halogens is 1. The summed E-state index contributed by atoms with van der Waals surface area (Å²) in [5.74, 6) is 0.813. The Balaban J connectivity index is 0.00000312. The SMILES string of the molecule is CCNC(=NCc1csc(C(C)(C)C)n1)NCc1sc(C)nc1C.I. The summed E-state index contributed by atoms with van der Waals surface area (Å²) in [5, 5.41) is 11.0. The summed E-state index contributed by atoms with van der Waals surface area (Å²) in [6, 6.07) is 0. The standard InChI is InChI=1S/C17H27N5S2.HI/c1-7-18-16(20-9-14-11(2)21-12(3)24-14)19-8-13-10-23-15(22-13)17(4,5)6;/h10H,7-9H2,1-6H3,(H2,18,19,20);1H. The van der Waals surface area contributed by atoms with Crippen LogP contribution in [0.5, 0.6) is 0 Å². The van der Waals surface area contributed by atoms with Crippen LogP contribution in [0, 0.1) is 13.8 Å². The Kier molecular flexibility index (Phi) is 8.76. The second kappa shape index (κ2) is 9.82. The highest BCUT2D eigenvalue weighted by Gasteiger charge is 2.17. The Morgan fingerprint density at radius 1 is 1.20 bits per heavy atom. The summed E-state index contributed by atoms with van der Waals surface area (Å²) in [5.41, 5.74) is 2.21. The second-order valence-corrected chi connectivity index (χ2v) is 8.83. The molecule has 2 aromatic rings. The highest BCUT2D eigenvalue weighted by molar-refractivity contribution is 14.0. The number of nitrogens with one attached hydrogen (secondary N) is 2. The predicted molar refractivity (Wildman–Crippen MR) is 119 cm³/mol. The number of nitrogens with zero attached hydrogens (tertiary/aromatic N) is 3. The summed E-state index contributed by atoms with van der Waals surface area (Å²) in [6.07, 6.45) is 0. The van der Waals surface area contributed by atoms with Crippen molar-refractivity contribution in [1.29, 1.82) is 0 Å². The van der Waals surface area contributed by atoms with Gasteiger partial charge in [-0.15, -0.1) is 46.7 Å². The van der Waals surface area contributed by atoms with Crippen LogP contribution in [0.4, 0.5) is 0 Å². The molecule has 2 rings (SSSR count). The van der Waals surface area contributed by atoms with E-state index in [1.807, 2.05) is 13.8 Å². The van der Waals surface area contributed by atoms with Gasteiger partial charge in [-0.05, 0) is 20.8 Å². The molecule has 0 bridgehead atoms. The van der Waals surface area contributed by atoms with Crippen molar-refractivity contribution in [3.63, 3.8) is 0 Å². The maximum atomic E-state index is 4.70. The zero-order valence-electron chi connectivity index (χ0n) is 15.8. The van der Waals surface area contributed by atoms with Gasteiger partial charge in [-0.1, -0.05) is 20.8 Å². The Labute approximate surface area is 175 Å². The van der Waals surface area contributed by atoms with Crippen LogP contribution < -0.4 is 10.6 Å². The van der Waals surface area contributed by atoms with Crippen LogP contribution in [0.15, 0.2) is 10.4 Å². The molecule has 8 heteroatoms. The fourth-order valence-electron chi connectivity index (χ4n) is 2.13. The zero-order valence-corrected chi connectivity index (χ0v) is 19.7. The van der Waals surface area contributed by atoms with Crippen molar-refractivity contribution in [2.75, 3.05) is 6.54 Å². The molecule has 0 amide bonds. The molecule has 0 radical (unpaired) electrons. The van der Waals surface area contributed by atoms with Crippen LogP contribution in [-0.2, 0) is 18.5 Å². The first-order valence-corrected chi connectivity index (χ1v) is 9.89. The van der Waals surface area contributed by atoms with E-state index in [4.69, 9.17) is 4.98 Å². The Morgan fingerprint density at radius 3 is 2.44 bits per heavy atom. The van der Waals surface area contributed by atoms with Crippen molar-refractivity contribution in [2.24, 2.45) is 4.99 Å². The first kappa shape index (κ1) is 22.3. The van der Waals surface area contributed by atoms with Gasteiger partial charge < -0.3 is 10.6 Å². The van der Waals surface area contributed by atoms with E-state index in [9.17, 15) is 0 Å². The number of aromatic nitrogens is 2. The lowest BCUT2D eigenvalue weighted by molar-refractivity contribution is 0.583. The van der Waals surface area contributed by atoms with Gasteiger partial charge in [-0.2, -0.15) is 0 Å². The topological polar surface area (TPSA) is 62.2 Å². The Bertz CT molecular complexity index is 700. The number of aryl methyl sites for hydroxylation is 2. The molecule has 25 heavy (non-hydrogen) atoms. The van der Waals surface area contributed by atoms with Crippen molar-refractivity contribution in [3.05, 3.63) is 31.7 Å². The van der Waals surface area contributed by atoms with Crippen molar-refractivity contribution < 1.29 is 0 Å². The molecule has 0 saturated heterocycles. The quantitative estimate of drug-likeness (QED) is 0.369. The lowest BCUT2D eigenvalue weighted by Gasteiger charge is -2.13. The lowest BCUT2D eigenvalue weighted by Crippen LogP contribution is -2.36. The van der Waals surface area contributed by atoms with E-state index in [2.05, 4.69) is 53.7 Å². The van der Waals surface area contributed by atoms with Gasteiger partial charge in [-0.3, -0.25) is 0 Å². The van der Waals surface area contributed by atoms with Gasteiger partial charge in [-0.25, -0.2) is 15.0 Å². The van der Waals surface area contributed by atoms with Gasteiger partial charge in [0.15, 0.2) is 5.96 Å². The Morgan fingerprint density at radius 2 is 1.92 bits per heavy atom. The number of hydrogen-bond acceptors (Lipinski definition) is 5. The first-order valence-electron chi connectivity index (χ1n) is 8.19. The van der Waals surface area contributed by atoms with Crippen molar-refractivity contribution in [2.45, 2.75) is 60.0 Å². The predicted octanol–water partition coefficient (Wildman–Crippen LogP) is 4.39. The fourth-order valence-corrected chi connectivity index (χ4v) is 3.90. The van der Waals surface area contributed by atoms with Crippen LogP contribution >= 0.6 is 46.7 Å². The number of hydrogen-bond donors (Lipinski definition) is 2. The van der Waals surface area contributed by atoms with Gasteiger partial charge in [0, 0.05) is 22.2 Å². The minimum Gasteiger partial charge on any atom is -0.357 e. The van der Waals surface area contributed by atoms with Crippen molar-refractivity contribution >= 4 is 52.6 Å². The van der Waals surface area contributed by atoms with E-state index >= 15 is 0 Å². The zero-order chi connectivity index (χ0) is 17.7. The molecular weight excluding hydrogens is 465 g/mol. The monoisotopic (exact) mass is 493 g/mol. The minimum atomic E-state index is 0. The highest BCUT2D eigenvalue weighted by Crippen LogP contribution is 2.25. The van der Waals surface area contributed by atoms with Crippen LogP contribution in [0.3, 0.4) is 0 Å². The molecule has 2 N–H and O–H groups in total. The van der Waals surface area contributed by atoms with Crippen LogP contribution in [-0.4, -0.2) is 22.5 Å². The Hall–Kier alpha value is -0.740. The van der Waals surface area contributed by atoms with Gasteiger partial charge in [0.1, 0.15) is 0 Å². The molecule has 0 fully saturated rings. The van der Waals surface area contributed by atoms with E-state index in [0.717, 1.165) is 40.5 Å². The molecule has 2 heterocycles. The third-order valence-corrected chi connectivity index (χ3v) is 5.74. The summed E-state index contributed by atoms with van der Waals surface area (Å²) in [4.78, 5) is 15.1. The average molecular weight is 493 g/mol. The summed E-state index contributed by atoms with van der Waals surface area (Å²) in [7, 11) is 0. The number of rotatable bonds is 5. The molecule has 0 aliphatic carbocycles. The molecule has 0 aromatic carbocycles. The van der Waals surface area contributed by atoms with Gasteiger partial charge in [0.05, 0.1) is 34.5 Å². The molecule has 0 aliphatic heterocycles. The lowest BCUT2D eigenvalue weighted by atomic mass is 9.98. The van der Waals surface area contributed by atoms with Crippen LogP contribution in [0.2, 0.25) is 0 Å². The molecule has 0 saturated carbocycles. The molecule has 0 unspecified atom stereocenters. The molecule has 0 aliphatic rings. The number of thiazole rings is 2. The molecular formula is C17H28IN5S2. The van der Waals surface area contributed by atoms with E-state index in [1.54, 1.807) is 22.7 Å². The summed E-state index contributed by atoms with van der Waals surface area (Å²) in [6.45, 7) is 14.9. The molecule has 2 aromatic heterocycles. The van der Waals surface area contributed by atoms with Gasteiger partial charge in [0.2, 0.25) is 0 Å². The first-order chi connectivity index (χ1) is 11.3. The van der Waals surface area contributed by atoms with Crippen LogP contribution in [0.1, 0.15) is 54.0 Å². The summed E-state index contributed by atoms with van der Waals surface area (Å²) < 4.78 is 0. The van der Waals surface area contributed by atoms with Crippen molar-refractivity contribution in [3.8, 4) is 0 Å². The smallest absolute Gasteiger partial charge is 0.191 e. The van der Waals surface area contributed by atoms with E-state index in [0.29, 0.717) is 6.54 Å². The van der Waals surface area contributed by atoms with Crippen LogP contribution in [0.25, 0.3) is 0 Å². The molecule has 0 atom stereocenters. The van der Waals surface area contributed by atoms with Crippen molar-refractivity contribution in [1.82, 2.24) is 20.6 Å². The average Bonchev–Trinajstić information content (AvgIpc) is 3.08. The number of aliphatic imine (C=N–C) groups is 1. The molecule has 0 spiro atoms. The third kappa shape index (κ3) is 6.82. The molecule has 5 nitrogen and oxygen atoms in total. The molecule has 140 valence electrons. The van der Waals surface area contributed by atoms with Gasteiger partial charge >= 0.3 is 0 Å². The van der Waals surface area contributed by atoms with E-state index in [-0.39, 0.29) is 29.4 Å². The minimum absolute atomic E-state index is 0. The second-order valence-electron chi connectivity index (χ2n) is 6.68. The maximum absolute atomic E-state index is 4.70. The fraction of sp³-hybridized carbons (Fsp3) is 0.588. The normalized spacial score (nSPS) is 12.0. The van der Waals surface area contributed by atoms with E-state index < -0.39 is 0 Å². The van der Waals surface area contributed by atoms with Gasteiger partial charge in [0.25, 0.3) is 0 Å². The number of guanidine groups is 1. The largest absolute Gasteiger partial charge is 0.357 e. The third-order valence-electron chi connectivity index (χ3n) is 3.35. The maximum Gasteiger partial charge on any atom is 0.191 e. The summed E-state index contributed by atoms with van der Waals surface area (Å²) >= 11 is 3.44.